The van der Waals surface area contributed by atoms with Crippen LogP contribution in [0.1, 0.15) is 5.56 Å². The summed E-state index contributed by atoms with van der Waals surface area (Å²) in [5.41, 5.74) is 9.71. The Bertz CT molecular complexity index is 781. The average Bonchev–Trinajstić information content (AvgIpc) is 2.61. The van der Waals surface area contributed by atoms with Gasteiger partial charge in [0, 0.05) is 11.5 Å². The lowest BCUT2D eigenvalue weighted by Gasteiger charge is -2.23. The van der Waals surface area contributed by atoms with Gasteiger partial charge in [-0.05, 0) is 17.2 Å². The quantitative estimate of drug-likeness (QED) is 0.146. The Balaban J connectivity index is 2.14. The molecule has 1 heterocycles. The molecule has 2 rings (SSSR count). The highest BCUT2D eigenvalue weighted by Gasteiger charge is 2.24. The van der Waals surface area contributed by atoms with E-state index in [2.05, 4.69) is 20.3 Å². The number of nitrogens with zero attached hydrogens (tertiary/aromatic N) is 5. The first-order valence-electron chi connectivity index (χ1n) is 7.20. The highest BCUT2D eigenvalue weighted by Crippen LogP contribution is 2.25. The molecule has 0 saturated heterocycles. The third kappa shape index (κ3) is 5.32. The molecule has 0 aliphatic rings. The summed E-state index contributed by atoms with van der Waals surface area (Å²) >= 11 is 11.8. The number of carbonyl (C=O) groups is 1. The van der Waals surface area contributed by atoms with Gasteiger partial charge in [0.15, 0.2) is 0 Å². The van der Waals surface area contributed by atoms with Crippen LogP contribution in [0, 0.1) is 0 Å². The third-order valence-corrected chi connectivity index (χ3v) is 3.83. The van der Waals surface area contributed by atoms with Crippen molar-refractivity contribution in [3.63, 3.8) is 0 Å². The lowest BCUT2D eigenvalue weighted by atomic mass is 10.2. The highest BCUT2D eigenvalue weighted by atomic mass is 35.5. The molecule has 0 aliphatic carbocycles. The van der Waals surface area contributed by atoms with Gasteiger partial charge in [-0.2, -0.15) is 0 Å². The summed E-state index contributed by atoms with van der Waals surface area (Å²) in [5.74, 6) is 5.35. The minimum atomic E-state index is -0.826. The van der Waals surface area contributed by atoms with Crippen LogP contribution in [0.4, 0.5) is 5.69 Å². The summed E-state index contributed by atoms with van der Waals surface area (Å²) in [6.45, 7) is 0.299. The van der Waals surface area contributed by atoms with E-state index >= 15 is 0 Å². The topological polar surface area (TPSA) is 120 Å². The maximum absolute atomic E-state index is 12.6. The van der Waals surface area contributed by atoms with Crippen molar-refractivity contribution in [2.75, 3.05) is 11.6 Å². The van der Waals surface area contributed by atoms with Gasteiger partial charge in [0.25, 0.3) is 5.91 Å². The van der Waals surface area contributed by atoms with Gasteiger partial charge in [0.05, 0.1) is 29.5 Å². The van der Waals surface area contributed by atoms with Crippen LogP contribution < -0.4 is 16.2 Å². The summed E-state index contributed by atoms with van der Waals surface area (Å²) in [6.07, 6.45) is 1.30. The number of aromatic nitrogens is 1. The number of pyridine rings is 1. The summed E-state index contributed by atoms with van der Waals surface area (Å²) in [4.78, 5) is 19.2. The smallest absolute Gasteiger partial charge is 0.258 e. The first-order chi connectivity index (χ1) is 12.0. The molecule has 1 amide bonds. The molecule has 3 N–H and O–H groups in total. The van der Waals surface area contributed by atoms with Crippen molar-refractivity contribution in [2.24, 2.45) is 11.0 Å². The molecule has 1 unspecified atom stereocenters. The van der Waals surface area contributed by atoms with Crippen LogP contribution in [0.3, 0.4) is 0 Å². The number of hydrogen-bond acceptors (Lipinski definition) is 5. The van der Waals surface area contributed by atoms with Crippen LogP contribution in [0.15, 0.2) is 47.7 Å². The van der Waals surface area contributed by atoms with Gasteiger partial charge in [0.2, 0.25) is 0 Å². The molecular formula is C15H15Cl2N7O. The van der Waals surface area contributed by atoms with Crippen molar-refractivity contribution in [3.8, 4) is 0 Å². The zero-order valence-electron chi connectivity index (χ0n) is 13.0. The maximum Gasteiger partial charge on any atom is 0.258 e. The summed E-state index contributed by atoms with van der Waals surface area (Å²) in [6, 6.07) is 10.0. The van der Waals surface area contributed by atoms with E-state index in [1.807, 2.05) is 30.3 Å². The molecule has 0 saturated carbocycles. The van der Waals surface area contributed by atoms with Crippen molar-refractivity contribution in [1.82, 2.24) is 10.3 Å². The van der Waals surface area contributed by atoms with Crippen molar-refractivity contribution in [3.05, 3.63) is 68.8 Å². The number of hydrogen-bond donors (Lipinski definition) is 2. The Morgan fingerprint density at radius 3 is 2.76 bits per heavy atom. The zero-order valence-corrected chi connectivity index (χ0v) is 14.5. The number of benzene rings is 1. The number of nitrogens with one attached hydrogen (secondary N) is 1. The minimum Gasteiger partial charge on any atom is -0.302 e. The molecule has 130 valence electrons. The molecule has 0 radical (unpaired) electrons. The largest absolute Gasteiger partial charge is 0.302 e. The van der Waals surface area contributed by atoms with Gasteiger partial charge >= 0.3 is 0 Å². The first kappa shape index (κ1) is 19.0. The Morgan fingerprint density at radius 2 is 2.12 bits per heavy atom. The SMILES string of the molecule is [N-]=[N+]=NCC(NCc1ccccc1)C(=O)N(N)c1cnc(Cl)cc1Cl. The number of hydrazine groups is 1. The predicted octanol–water partition coefficient (Wildman–Crippen LogP) is 3.06. The lowest BCUT2D eigenvalue weighted by molar-refractivity contribution is -0.120. The van der Waals surface area contributed by atoms with Gasteiger partial charge in [-0.1, -0.05) is 58.6 Å². The molecule has 1 atom stereocenters. The summed E-state index contributed by atoms with van der Waals surface area (Å²) in [5, 5.41) is 7.72. The van der Waals surface area contributed by atoms with E-state index < -0.39 is 11.9 Å². The molecule has 1 aromatic heterocycles. The van der Waals surface area contributed by atoms with Crippen LogP contribution in [-0.2, 0) is 11.3 Å². The fourth-order valence-electron chi connectivity index (χ4n) is 2.05. The normalized spacial score (nSPS) is 11.5. The Morgan fingerprint density at radius 1 is 1.40 bits per heavy atom. The third-order valence-electron chi connectivity index (χ3n) is 3.32. The van der Waals surface area contributed by atoms with Gasteiger partial charge in [0.1, 0.15) is 5.15 Å². The zero-order chi connectivity index (χ0) is 18.2. The van der Waals surface area contributed by atoms with Crippen molar-refractivity contribution in [2.45, 2.75) is 12.6 Å². The Hall–Kier alpha value is -2.35. The van der Waals surface area contributed by atoms with Crippen LogP contribution in [-0.4, -0.2) is 23.5 Å². The van der Waals surface area contributed by atoms with Crippen LogP contribution >= 0.6 is 23.2 Å². The standard InChI is InChI=1S/C15H15Cl2N7O/c16-11-6-14(17)21-9-13(11)24(19)15(25)12(8-22-23-18)20-7-10-4-2-1-3-5-10/h1-6,9,12,20H,7-8,19H2. The van der Waals surface area contributed by atoms with Crippen LogP contribution in [0.5, 0.6) is 0 Å². The van der Waals surface area contributed by atoms with Gasteiger partial charge in [-0.15, -0.1) is 0 Å². The van der Waals surface area contributed by atoms with Crippen molar-refractivity contribution in [1.29, 1.82) is 0 Å². The molecule has 10 heteroatoms. The number of amides is 1. The van der Waals surface area contributed by atoms with E-state index in [4.69, 9.17) is 34.6 Å². The number of halogens is 2. The molecule has 0 bridgehead atoms. The summed E-state index contributed by atoms with van der Waals surface area (Å²) < 4.78 is 0. The second-order valence-corrected chi connectivity index (χ2v) is 5.79. The van der Waals surface area contributed by atoms with E-state index in [0.29, 0.717) is 6.54 Å². The first-order valence-corrected chi connectivity index (χ1v) is 7.96. The molecule has 25 heavy (non-hydrogen) atoms. The number of rotatable bonds is 7. The van der Waals surface area contributed by atoms with E-state index in [-0.39, 0.29) is 22.4 Å². The molecular weight excluding hydrogens is 365 g/mol. The number of azide groups is 1. The van der Waals surface area contributed by atoms with Gasteiger partial charge < -0.3 is 5.32 Å². The van der Waals surface area contributed by atoms with Crippen LogP contribution in [0.25, 0.3) is 10.4 Å². The molecule has 0 aliphatic heterocycles. The van der Waals surface area contributed by atoms with Crippen molar-refractivity contribution >= 4 is 34.8 Å². The van der Waals surface area contributed by atoms with E-state index in [0.717, 1.165) is 10.6 Å². The monoisotopic (exact) mass is 379 g/mol. The van der Waals surface area contributed by atoms with Gasteiger partial charge in [-0.3, -0.25) is 4.79 Å². The molecule has 0 fully saturated rings. The molecule has 1 aromatic carbocycles. The Kier molecular flexibility index (Phi) is 7.00. The second-order valence-electron chi connectivity index (χ2n) is 5.00. The van der Waals surface area contributed by atoms with Crippen molar-refractivity contribution < 1.29 is 4.79 Å². The number of carbonyl (C=O) groups excluding carboxylic acids is 1. The molecule has 2 aromatic rings. The summed E-state index contributed by atoms with van der Waals surface area (Å²) in [7, 11) is 0. The second kappa shape index (κ2) is 9.22. The van der Waals surface area contributed by atoms with Crippen LogP contribution in [0.2, 0.25) is 10.2 Å². The number of anilines is 1. The lowest BCUT2D eigenvalue weighted by Crippen LogP contribution is -2.51. The fourth-order valence-corrected chi connectivity index (χ4v) is 2.51. The highest BCUT2D eigenvalue weighted by molar-refractivity contribution is 6.36. The molecule has 8 nitrogen and oxygen atoms in total. The average molecular weight is 380 g/mol. The van der Waals surface area contributed by atoms with Gasteiger partial charge in [-0.25, -0.2) is 15.8 Å². The van der Waals surface area contributed by atoms with E-state index in [1.165, 1.54) is 12.3 Å². The van der Waals surface area contributed by atoms with E-state index in [9.17, 15) is 4.79 Å². The maximum atomic E-state index is 12.6. The Labute approximate surface area is 154 Å². The molecule has 0 spiro atoms. The predicted molar refractivity (Wildman–Crippen MR) is 97.0 cm³/mol. The van der Waals surface area contributed by atoms with E-state index in [1.54, 1.807) is 0 Å². The fraction of sp³-hybridized carbons (Fsp3) is 0.200. The minimum absolute atomic E-state index is 0.103. The number of nitrogens with two attached hydrogens (primary N) is 1.